The fourth-order valence-electron chi connectivity index (χ4n) is 2.03. The van der Waals surface area contributed by atoms with Crippen molar-refractivity contribution in [2.24, 2.45) is 0 Å². The molecule has 2 rings (SSSR count). The van der Waals surface area contributed by atoms with Crippen molar-refractivity contribution >= 4 is 11.4 Å². The molecule has 6 heteroatoms. The van der Waals surface area contributed by atoms with E-state index in [9.17, 15) is 0 Å². The molecular weight excluding hydrogens is 292 g/mol. The van der Waals surface area contributed by atoms with Gasteiger partial charge in [0.15, 0.2) is 9.95 Å². The summed E-state index contributed by atoms with van der Waals surface area (Å²) >= 11 is 0. The monoisotopic (exact) mass is 310 g/mol. The molecule has 6 nitrogen and oxygen atoms in total. The molecule has 0 unspecified atom stereocenters. The quantitative estimate of drug-likeness (QED) is 0.491. The standard InChI is InChI=1S/C17H18N4O2/c18-20-14-6-4-8-16(12-14)22-10-2-1-3-11-23-17-9-5-7-15(13-17)21-19/h4-9,12-13H,1-3,10-11H2/q+2. The van der Waals surface area contributed by atoms with Crippen LogP contribution in [-0.2, 0) is 0 Å². The second-order valence-corrected chi connectivity index (χ2v) is 4.95. The van der Waals surface area contributed by atoms with Crippen molar-refractivity contribution in [3.05, 3.63) is 58.5 Å². The molecule has 0 N–H and O–H groups in total. The SMILES string of the molecule is N#[N+]c1cccc(OCCCCCOc2cccc([N+]#N)c2)c1. The largest absolute Gasteiger partial charge is 0.493 e. The maximum Gasteiger partial charge on any atom is 0.388 e. The Bertz CT molecular complexity index is 658. The van der Waals surface area contributed by atoms with Crippen LogP contribution in [0.4, 0.5) is 11.4 Å². The number of ether oxygens (including phenoxy) is 2. The zero-order valence-corrected chi connectivity index (χ0v) is 12.8. The first kappa shape index (κ1) is 16.3. The molecule has 0 atom stereocenters. The summed E-state index contributed by atoms with van der Waals surface area (Å²) < 4.78 is 11.2. The molecule has 2 aromatic rings. The summed E-state index contributed by atoms with van der Waals surface area (Å²) in [6.45, 7) is 1.21. The van der Waals surface area contributed by atoms with Crippen molar-refractivity contribution in [2.45, 2.75) is 19.3 Å². The molecule has 0 bridgehead atoms. The highest BCUT2D eigenvalue weighted by Gasteiger charge is 2.06. The maximum absolute atomic E-state index is 8.69. The van der Waals surface area contributed by atoms with E-state index in [2.05, 4.69) is 9.95 Å². The fourth-order valence-corrected chi connectivity index (χ4v) is 2.03. The van der Waals surface area contributed by atoms with Crippen LogP contribution >= 0.6 is 0 Å². The van der Waals surface area contributed by atoms with Crippen LogP contribution in [0.2, 0.25) is 0 Å². The molecule has 0 aromatic heterocycles. The number of nitrogens with zero attached hydrogens (tertiary/aromatic N) is 4. The van der Waals surface area contributed by atoms with Crippen LogP contribution < -0.4 is 9.47 Å². The van der Waals surface area contributed by atoms with Crippen LogP contribution in [0.3, 0.4) is 0 Å². The number of hydrogen-bond acceptors (Lipinski definition) is 4. The number of benzene rings is 2. The zero-order chi connectivity index (χ0) is 16.3. The summed E-state index contributed by atoms with van der Waals surface area (Å²) in [5.41, 5.74) is 0.959. The predicted octanol–water partition coefficient (Wildman–Crippen LogP) is 5.28. The smallest absolute Gasteiger partial charge is 0.388 e. The molecule has 23 heavy (non-hydrogen) atoms. The van der Waals surface area contributed by atoms with Gasteiger partial charge in [-0.2, -0.15) is 0 Å². The topological polar surface area (TPSA) is 74.8 Å². The molecule has 0 saturated carbocycles. The van der Waals surface area contributed by atoms with Crippen molar-refractivity contribution in [3.63, 3.8) is 0 Å². The van der Waals surface area contributed by atoms with E-state index in [1.165, 1.54) is 0 Å². The predicted molar refractivity (Wildman–Crippen MR) is 87.2 cm³/mol. The molecule has 0 heterocycles. The van der Waals surface area contributed by atoms with Gasteiger partial charge in [-0.3, -0.25) is 0 Å². The molecule has 0 saturated heterocycles. The summed E-state index contributed by atoms with van der Waals surface area (Å²) in [4.78, 5) is 6.24. The lowest BCUT2D eigenvalue weighted by molar-refractivity contribution is 0.279. The Morgan fingerprint density at radius 3 is 1.61 bits per heavy atom. The van der Waals surface area contributed by atoms with E-state index in [0.717, 1.165) is 19.3 Å². The number of rotatable bonds is 8. The number of unbranched alkanes of at least 4 members (excludes halogenated alkanes) is 2. The second-order valence-electron chi connectivity index (χ2n) is 4.95. The van der Waals surface area contributed by atoms with E-state index in [0.29, 0.717) is 36.1 Å². The fraction of sp³-hybridized carbons (Fsp3) is 0.294. The van der Waals surface area contributed by atoms with Crippen LogP contribution in [0.5, 0.6) is 11.5 Å². The van der Waals surface area contributed by atoms with Gasteiger partial charge in [0.05, 0.1) is 25.3 Å². The van der Waals surface area contributed by atoms with Gasteiger partial charge in [0.25, 0.3) is 0 Å². The molecule has 0 fully saturated rings. The third-order valence-corrected chi connectivity index (χ3v) is 3.19. The highest BCUT2D eigenvalue weighted by Crippen LogP contribution is 2.21. The maximum atomic E-state index is 8.69. The van der Waals surface area contributed by atoms with Crippen LogP contribution in [0.25, 0.3) is 9.95 Å². The van der Waals surface area contributed by atoms with Crippen molar-refractivity contribution in [1.82, 2.24) is 0 Å². The lowest BCUT2D eigenvalue weighted by Crippen LogP contribution is -2.00. The Hall–Kier alpha value is -3.12. The van der Waals surface area contributed by atoms with Gasteiger partial charge in [-0.15, -0.1) is 0 Å². The Morgan fingerprint density at radius 2 is 1.17 bits per heavy atom. The average Bonchev–Trinajstić information content (AvgIpc) is 2.61. The lowest BCUT2D eigenvalue weighted by atomic mass is 10.2. The number of diazo groups is 2. The van der Waals surface area contributed by atoms with Gasteiger partial charge in [-0.25, -0.2) is 0 Å². The average molecular weight is 310 g/mol. The summed E-state index contributed by atoms with van der Waals surface area (Å²) in [6.07, 6.45) is 2.81. The summed E-state index contributed by atoms with van der Waals surface area (Å²) in [7, 11) is 0. The third-order valence-electron chi connectivity index (χ3n) is 3.19. The van der Waals surface area contributed by atoms with Gasteiger partial charge >= 0.3 is 11.4 Å². The van der Waals surface area contributed by atoms with Crippen LogP contribution in [0.15, 0.2) is 48.5 Å². The summed E-state index contributed by atoms with van der Waals surface area (Å²) in [5, 5.41) is 17.4. The molecule has 0 aliphatic heterocycles. The van der Waals surface area contributed by atoms with E-state index < -0.39 is 0 Å². The summed E-state index contributed by atoms with van der Waals surface area (Å²) in [5.74, 6) is 1.39. The van der Waals surface area contributed by atoms with Crippen LogP contribution in [-0.4, -0.2) is 13.2 Å². The Morgan fingerprint density at radius 1 is 0.696 bits per heavy atom. The second kappa shape index (κ2) is 9.01. The van der Waals surface area contributed by atoms with E-state index in [1.807, 2.05) is 12.1 Å². The molecular formula is C17H18N4O2+2. The number of hydrogen-bond donors (Lipinski definition) is 0. The van der Waals surface area contributed by atoms with E-state index in [1.54, 1.807) is 36.4 Å². The minimum atomic E-state index is 0.479. The van der Waals surface area contributed by atoms with Gasteiger partial charge in [0.1, 0.15) is 11.5 Å². The van der Waals surface area contributed by atoms with Gasteiger partial charge in [-0.1, -0.05) is 12.1 Å². The van der Waals surface area contributed by atoms with Gasteiger partial charge in [0.2, 0.25) is 10.8 Å². The molecule has 0 aliphatic carbocycles. The minimum absolute atomic E-state index is 0.479. The molecule has 0 aliphatic rings. The first-order valence-corrected chi connectivity index (χ1v) is 7.48. The molecule has 0 radical (unpaired) electrons. The van der Waals surface area contributed by atoms with E-state index in [4.69, 9.17) is 20.3 Å². The van der Waals surface area contributed by atoms with Crippen molar-refractivity contribution in [3.8, 4) is 11.5 Å². The van der Waals surface area contributed by atoms with Crippen LogP contribution in [0, 0.1) is 10.8 Å². The molecule has 2 aromatic carbocycles. The molecule has 0 amide bonds. The first-order valence-electron chi connectivity index (χ1n) is 7.48. The van der Waals surface area contributed by atoms with E-state index in [-0.39, 0.29) is 0 Å². The van der Waals surface area contributed by atoms with Gasteiger partial charge < -0.3 is 9.47 Å². The highest BCUT2D eigenvalue weighted by atomic mass is 16.5. The molecule has 0 spiro atoms. The lowest BCUT2D eigenvalue weighted by Gasteiger charge is -2.06. The normalized spacial score (nSPS) is 9.65. The van der Waals surface area contributed by atoms with E-state index >= 15 is 0 Å². The van der Waals surface area contributed by atoms with Crippen LogP contribution in [0.1, 0.15) is 19.3 Å². The summed E-state index contributed by atoms with van der Waals surface area (Å²) in [6, 6.07) is 14.0. The minimum Gasteiger partial charge on any atom is -0.493 e. The third kappa shape index (κ3) is 5.64. The van der Waals surface area contributed by atoms with Crippen molar-refractivity contribution < 1.29 is 9.47 Å². The Kier molecular flexibility index (Phi) is 6.37. The zero-order valence-electron chi connectivity index (χ0n) is 12.8. The molecule has 116 valence electrons. The Balaban J connectivity index is 1.59. The van der Waals surface area contributed by atoms with Gasteiger partial charge in [-0.05, 0) is 31.4 Å². The highest BCUT2D eigenvalue weighted by molar-refractivity contribution is 5.48. The van der Waals surface area contributed by atoms with Crippen molar-refractivity contribution in [2.75, 3.05) is 13.2 Å². The van der Waals surface area contributed by atoms with Crippen molar-refractivity contribution in [1.29, 1.82) is 10.8 Å². The van der Waals surface area contributed by atoms with Gasteiger partial charge in [0, 0.05) is 12.1 Å². The Labute approximate surface area is 134 Å². The first-order chi connectivity index (χ1) is 11.3.